The van der Waals surface area contributed by atoms with E-state index in [2.05, 4.69) is 21.0 Å². The van der Waals surface area contributed by atoms with E-state index in [1.807, 2.05) is 6.92 Å². The lowest BCUT2D eigenvalue weighted by Gasteiger charge is -2.16. The predicted molar refractivity (Wildman–Crippen MR) is 81.1 cm³/mol. The number of aryl methyl sites for hydroxylation is 1. The molecule has 112 valence electrons. The molecule has 2 rings (SSSR count). The van der Waals surface area contributed by atoms with E-state index in [1.54, 1.807) is 27.3 Å². The fourth-order valence-corrected chi connectivity index (χ4v) is 2.96. The number of aromatic carboxylic acids is 1. The van der Waals surface area contributed by atoms with Crippen LogP contribution in [0.25, 0.3) is 11.3 Å². The van der Waals surface area contributed by atoms with Gasteiger partial charge >= 0.3 is 5.97 Å². The summed E-state index contributed by atoms with van der Waals surface area (Å²) < 4.78 is 13.0. The Hall–Kier alpha value is -2.02. The van der Waals surface area contributed by atoms with Crippen molar-refractivity contribution in [3.05, 3.63) is 27.9 Å². The Morgan fingerprint density at radius 3 is 2.48 bits per heavy atom. The topological polar surface area (TPSA) is 73.6 Å². The number of carboxylic acids is 1. The zero-order chi connectivity index (χ0) is 15.7. The van der Waals surface area contributed by atoms with Gasteiger partial charge in [-0.3, -0.25) is 4.68 Å². The van der Waals surface area contributed by atoms with Crippen molar-refractivity contribution in [2.75, 3.05) is 14.2 Å². The van der Waals surface area contributed by atoms with Gasteiger partial charge in [0.15, 0.2) is 17.2 Å². The molecule has 0 aliphatic rings. The molecule has 21 heavy (non-hydrogen) atoms. The maximum atomic E-state index is 11.1. The number of carboxylic acid groups (broad SMARTS) is 1. The lowest BCUT2D eigenvalue weighted by Crippen LogP contribution is -2.01. The predicted octanol–water partition coefficient (Wildman–Crippen LogP) is 2.87. The van der Waals surface area contributed by atoms with Gasteiger partial charge in [0, 0.05) is 22.6 Å². The molecule has 0 bridgehead atoms. The number of methoxy groups -OCH3 is 2. The summed E-state index contributed by atoms with van der Waals surface area (Å²) in [6.07, 6.45) is 0. The Morgan fingerprint density at radius 2 is 2.00 bits per heavy atom. The molecular formula is C14H15BrN2O4. The summed E-state index contributed by atoms with van der Waals surface area (Å²) in [6, 6.07) is 3.32. The minimum Gasteiger partial charge on any atom is -0.493 e. The van der Waals surface area contributed by atoms with E-state index in [0.717, 1.165) is 15.6 Å². The van der Waals surface area contributed by atoms with Crippen LogP contribution in [-0.4, -0.2) is 35.1 Å². The number of ether oxygens (including phenoxy) is 2. The maximum Gasteiger partial charge on any atom is 0.356 e. The summed E-state index contributed by atoms with van der Waals surface area (Å²) in [5, 5.41) is 13.0. The van der Waals surface area contributed by atoms with Crippen molar-refractivity contribution in [1.29, 1.82) is 0 Å². The van der Waals surface area contributed by atoms with Crippen LogP contribution in [0.3, 0.4) is 0 Å². The molecule has 7 heteroatoms. The number of halogens is 1. The number of hydrogen-bond acceptors (Lipinski definition) is 4. The minimum absolute atomic E-state index is 0.00594. The summed E-state index contributed by atoms with van der Waals surface area (Å²) in [4.78, 5) is 11.1. The standard InChI is InChI=1S/C14H15BrN2O4/c1-7-12(8(15)5-11(20-3)13(7)21-4)10-6-9(14(18)19)16-17(10)2/h5-6H,1-4H3,(H,18,19). The van der Waals surface area contributed by atoms with Crippen LogP contribution in [0, 0.1) is 6.92 Å². The molecular weight excluding hydrogens is 340 g/mol. The minimum atomic E-state index is -1.06. The number of aromatic nitrogens is 2. The smallest absolute Gasteiger partial charge is 0.356 e. The van der Waals surface area contributed by atoms with E-state index in [4.69, 9.17) is 14.6 Å². The highest BCUT2D eigenvalue weighted by atomic mass is 79.9. The summed E-state index contributed by atoms with van der Waals surface area (Å²) >= 11 is 3.50. The van der Waals surface area contributed by atoms with Crippen molar-refractivity contribution in [2.24, 2.45) is 7.05 Å². The first kappa shape index (κ1) is 15.4. The van der Waals surface area contributed by atoms with E-state index in [-0.39, 0.29) is 5.69 Å². The number of hydrogen-bond donors (Lipinski definition) is 1. The van der Waals surface area contributed by atoms with E-state index in [9.17, 15) is 4.79 Å². The van der Waals surface area contributed by atoms with Crippen molar-refractivity contribution >= 4 is 21.9 Å². The average molecular weight is 355 g/mol. The summed E-state index contributed by atoms with van der Waals surface area (Å²) in [6.45, 7) is 1.88. The first-order valence-corrected chi connectivity index (χ1v) is 6.88. The van der Waals surface area contributed by atoms with Gasteiger partial charge in [-0.2, -0.15) is 5.10 Å². The van der Waals surface area contributed by atoms with Gasteiger partial charge in [-0.15, -0.1) is 0 Å². The van der Waals surface area contributed by atoms with Gasteiger partial charge in [0.05, 0.1) is 19.9 Å². The Bertz CT molecular complexity index is 709. The molecule has 0 amide bonds. The number of rotatable bonds is 4. The van der Waals surface area contributed by atoms with Crippen molar-refractivity contribution in [3.63, 3.8) is 0 Å². The fraction of sp³-hybridized carbons (Fsp3) is 0.286. The zero-order valence-corrected chi connectivity index (χ0v) is 13.7. The molecule has 0 unspecified atom stereocenters. The van der Waals surface area contributed by atoms with Gasteiger partial charge < -0.3 is 14.6 Å². The number of benzene rings is 1. The average Bonchev–Trinajstić information content (AvgIpc) is 2.80. The molecule has 1 aromatic heterocycles. The van der Waals surface area contributed by atoms with Gasteiger partial charge in [-0.25, -0.2) is 4.79 Å². The molecule has 0 aliphatic carbocycles. The van der Waals surface area contributed by atoms with Crippen LogP contribution in [0.2, 0.25) is 0 Å². The molecule has 1 N–H and O–H groups in total. The maximum absolute atomic E-state index is 11.1. The lowest BCUT2D eigenvalue weighted by atomic mass is 10.0. The van der Waals surface area contributed by atoms with E-state index >= 15 is 0 Å². The largest absolute Gasteiger partial charge is 0.493 e. The van der Waals surface area contributed by atoms with Crippen LogP contribution in [0.5, 0.6) is 11.5 Å². The second kappa shape index (κ2) is 5.77. The molecule has 6 nitrogen and oxygen atoms in total. The highest BCUT2D eigenvalue weighted by molar-refractivity contribution is 9.10. The fourth-order valence-electron chi connectivity index (χ4n) is 2.26. The second-order valence-electron chi connectivity index (χ2n) is 4.44. The molecule has 2 aromatic rings. The molecule has 1 heterocycles. The first-order valence-electron chi connectivity index (χ1n) is 6.09. The molecule has 0 saturated carbocycles. The van der Waals surface area contributed by atoms with Crippen LogP contribution in [0.15, 0.2) is 16.6 Å². The van der Waals surface area contributed by atoms with Crippen LogP contribution in [0.4, 0.5) is 0 Å². The van der Waals surface area contributed by atoms with Gasteiger partial charge in [-0.1, -0.05) is 0 Å². The van der Waals surface area contributed by atoms with Crippen LogP contribution in [-0.2, 0) is 7.05 Å². The molecule has 0 aliphatic heterocycles. The molecule has 0 spiro atoms. The third kappa shape index (κ3) is 2.61. The van der Waals surface area contributed by atoms with Crippen molar-refractivity contribution in [3.8, 4) is 22.8 Å². The first-order chi connectivity index (χ1) is 9.90. The van der Waals surface area contributed by atoms with Gasteiger partial charge in [-0.05, 0) is 35.0 Å². The third-order valence-electron chi connectivity index (χ3n) is 3.22. The van der Waals surface area contributed by atoms with E-state index in [1.165, 1.54) is 10.7 Å². The van der Waals surface area contributed by atoms with Crippen LogP contribution in [0.1, 0.15) is 16.1 Å². The van der Waals surface area contributed by atoms with Crippen molar-refractivity contribution in [1.82, 2.24) is 9.78 Å². The SMILES string of the molecule is COc1cc(Br)c(-c2cc(C(=O)O)nn2C)c(C)c1OC. The Morgan fingerprint density at radius 1 is 1.33 bits per heavy atom. The Kier molecular flexibility index (Phi) is 4.22. The highest BCUT2D eigenvalue weighted by Crippen LogP contribution is 2.42. The monoisotopic (exact) mass is 354 g/mol. The number of nitrogens with zero attached hydrogens (tertiary/aromatic N) is 2. The number of carbonyl (C=O) groups is 1. The molecule has 0 atom stereocenters. The summed E-state index contributed by atoms with van der Waals surface area (Å²) in [5.41, 5.74) is 2.32. The van der Waals surface area contributed by atoms with Crippen LogP contribution < -0.4 is 9.47 Å². The zero-order valence-electron chi connectivity index (χ0n) is 12.1. The van der Waals surface area contributed by atoms with Gasteiger partial charge in [0.25, 0.3) is 0 Å². The van der Waals surface area contributed by atoms with Gasteiger partial charge in [0.1, 0.15) is 0 Å². The van der Waals surface area contributed by atoms with Crippen LogP contribution >= 0.6 is 15.9 Å². The quantitative estimate of drug-likeness (QED) is 0.913. The summed E-state index contributed by atoms with van der Waals surface area (Å²) in [5.74, 6) is 0.145. The highest BCUT2D eigenvalue weighted by Gasteiger charge is 2.21. The molecule has 0 fully saturated rings. The van der Waals surface area contributed by atoms with Crippen molar-refractivity contribution < 1.29 is 19.4 Å². The Balaban J connectivity index is 2.72. The lowest BCUT2D eigenvalue weighted by molar-refractivity contribution is 0.0689. The second-order valence-corrected chi connectivity index (χ2v) is 5.29. The third-order valence-corrected chi connectivity index (χ3v) is 3.84. The van der Waals surface area contributed by atoms with Crippen molar-refractivity contribution in [2.45, 2.75) is 6.92 Å². The summed E-state index contributed by atoms with van der Waals surface area (Å²) in [7, 11) is 4.83. The molecule has 0 radical (unpaired) electrons. The van der Waals surface area contributed by atoms with E-state index in [0.29, 0.717) is 17.2 Å². The van der Waals surface area contributed by atoms with E-state index < -0.39 is 5.97 Å². The van der Waals surface area contributed by atoms with Gasteiger partial charge in [0.2, 0.25) is 0 Å². The normalized spacial score (nSPS) is 10.5. The Labute approximate surface area is 130 Å². The molecule has 0 saturated heterocycles. The molecule has 1 aromatic carbocycles.